The number of hydrogen-bond acceptors (Lipinski definition) is 5. The predicted molar refractivity (Wildman–Crippen MR) is 45.5 cm³/mol. The van der Waals surface area contributed by atoms with Crippen molar-refractivity contribution in [2.75, 3.05) is 6.61 Å². The first kappa shape index (κ1) is 10.4. The van der Waals surface area contributed by atoms with Crippen molar-refractivity contribution >= 4 is 5.97 Å². The summed E-state index contributed by atoms with van der Waals surface area (Å²) in [5, 5.41) is 20.4. The molecule has 0 saturated heterocycles. The molecule has 1 unspecified atom stereocenters. The van der Waals surface area contributed by atoms with E-state index in [1.54, 1.807) is 0 Å². The van der Waals surface area contributed by atoms with E-state index in [0.29, 0.717) is 12.0 Å². The van der Waals surface area contributed by atoms with Gasteiger partial charge in [0.1, 0.15) is 0 Å². The summed E-state index contributed by atoms with van der Waals surface area (Å²) in [6.45, 7) is -0.0859. The van der Waals surface area contributed by atoms with E-state index in [2.05, 4.69) is 5.11 Å². The summed E-state index contributed by atoms with van der Waals surface area (Å²) in [6.07, 6.45) is 2.19. The zero-order valence-corrected chi connectivity index (χ0v) is 7.30. The number of aliphatic hydroxyl groups excluding tert-OH is 1. The van der Waals surface area contributed by atoms with Crippen LogP contribution in [0.2, 0.25) is 0 Å². The smallest absolute Gasteiger partial charge is 0.371 e. The number of hydrogen-bond donors (Lipinski definition) is 3. The standard InChI is InChI=1S/C8H10N2O4/c9-10-7-5(3-4-11)1-2-6(14-7)8(12)13/h1-2,7,9,11H,3-4H2,(H,12,13). The van der Waals surface area contributed by atoms with Gasteiger partial charge in [-0.3, -0.25) is 0 Å². The molecule has 1 rings (SSSR count). The van der Waals surface area contributed by atoms with Gasteiger partial charge in [0.2, 0.25) is 12.0 Å². The molecule has 0 aromatic carbocycles. The van der Waals surface area contributed by atoms with Crippen LogP contribution < -0.4 is 0 Å². The summed E-state index contributed by atoms with van der Waals surface area (Å²) in [6, 6.07) is 0. The van der Waals surface area contributed by atoms with Gasteiger partial charge in [-0.05, 0) is 18.1 Å². The van der Waals surface area contributed by atoms with Crippen LogP contribution in [0, 0.1) is 5.53 Å². The monoisotopic (exact) mass is 198 g/mol. The van der Waals surface area contributed by atoms with E-state index in [0.717, 1.165) is 0 Å². The fraction of sp³-hybridized carbons (Fsp3) is 0.375. The van der Waals surface area contributed by atoms with Crippen molar-refractivity contribution in [2.45, 2.75) is 12.6 Å². The molecule has 1 aliphatic rings. The molecular weight excluding hydrogens is 188 g/mol. The minimum atomic E-state index is -1.20. The second-order valence-electron chi connectivity index (χ2n) is 2.65. The minimum Gasteiger partial charge on any atom is -0.475 e. The highest BCUT2D eigenvalue weighted by atomic mass is 16.5. The third-order valence-corrected chi connectivity index (χ3v) is 1.73. The Morgan fingerprint density at radius 1 is 1.64 bits per heavy atom. The highest BCUT2D eigenvalue weighted by Crippen LogP contribution is 2.21. The lowest BCUT2D eigenvalue weighted by Crippen LogP contribution is -2.20. The van der Waals surface area contributed by atoms with Gasteiger partial charge in [0.05, 0.1) is 0 Å². The van der Waals surface area contributed by atoms with Gasteiger partial charge in [-0.25, -0.2) is 10.3 Å². The number of carboxylic acids is 1. The molecule has 1 aliphatic heterocycles. The van der Waals surface area contributed by atoms with E-state index in [-0.39, 0.29) is 12.4 Å². The van der Waals surface area contributed by atoms with Crippen molar-refractivity contribution in [3.63, 3.8) is 0 Å². The Morgan fingerprint density at radius 3 is 2.86 bits per heavy atom. The minimum absolute atomic E-state index is 0.0859. The predicted octanol–water partition coefficient (Wildman–Crippen LogP) is 0.651. The Labute approximate surface area is 80.0 Å². The summed E-state index contributed by atoms with van der Waals surface area (Å²) in [7, 11) is 0. The van der Waals surface area contributed by atoms with Gasteiger partial charge in [0.15, 0.2) is 0 Å². The molecule has 0 amide bonds. The van der Waals surface area contributed by atoms with E-state index in [1.165, 1.54) is 12.2 Å². The number of allylic oxidation sites excluding steroid dienone is 2. The molecule has 6 heteroatoms. The van der Waals surface area contributed by atoms with Crippen LogP contribution in [-0.2, 0) is 9.53 Å². The van der Waals surface area contributed by atoms with Crippen LogP contribution in [0.3, 0.4) is 0 Å². The largest absolute Gasteiger partial charge is 0.475 e. The third-order valence-electron chi connectivity index (χ3n) is 1.73. The highest BCUT2D eigenvalue weighted by molar-refractivity contribution is 5.85. The number of aliphatic hydroxyl groups is 1. The number of rotatable bonds is 4. The average Bonchev–Trinajstić information content (AvgIpc) is 2.18. The lowest BCUT2D eigenvalue weighted by atomic mass is 10.1. The van der Waals surface area contributed by atoms with E-state index in [9.17, 15) is 4.79 Å². The Morgan fingerprint density at radius 2 is 2.36 bits per heavy atom. The SMILES string of the molecule is N=NC1OC(C(=O)O)=CC=C1CCO. The molecular formula is C8H10N2O4. The normalized spacial score (nSPS) is 20.5. The quantitative estimate of drug-likeness (QED) is 0.577. The van der Waals surface area contributed by atoms with E-state index in [4.69, 9.17) is 20.5 Å². The Bertz CT molecular complexity index is 308. The van der Waals surface area contributed by atoms with Crippen LogP contribution in [-0.4, -0.2) is 29.0 Å². The van der Waals surface area contributed by atoms with Crippen LogP contribution in [0.4, 0.5) is 0 Å². The van der Waals surface area contributed by atoms with Crippen molar-refractivity contribution in [1.82, 2.24) is 0 Å². The topological polar surface area (TPSA) is 103 Å². The number of nitrogens with zero attached hydrogens (tertiary/aromatic N) is 1. The number of carboxylic acid groups (broad SMARTS) is 1. The van der Waals surface area contributed by atoms with E-state index >= 15 is 0 Å². The second kappa shape index (κ2) is 4.52. The molecule has 76 valence electrons. The molecule has 0 fully saturated rings. The van der Waals surface area contributed by atoms with Crippen LogP contribution >= 0.6 is 0 Å². The first-order chi connectivity index (χ1) is 6.69. The molecule has 0 aromatic rings. The van der Waals surface area contributed by atoms with Crippen LogP contribution in [0.1, 0.15) is 6.42 Å². The second-order valence-corrected chi connectivity index (χ2v) is 2.65. The zero-order chi connectivity index (χ0) is 10.6. The van der Waals surface area contributed by atoms with Crippen LogP contribution in [0.15, 0.2) is 28.6 Å². The van der Waals surface area contributed by atoms with E-state index in [1.807, 2.05) is 0 Å². The van der Waals surface area contributed by atoms with E-state index < -0.39 is 12.2 Å². The molecule has 0 aliphatic carbocycles. The Balaban J connectivity index is 2.83. The van der Waals surface area contributed by atoms with Gasteiger partial charge in [-0.1, -0.05) is 6.08 Å². The molecule has 14 heavy (non-hydrogen) atoms. The molecule has 0 radical (unpaired) electrons. The lowest BCUT2D eigenvalue weighted by Gasteiger charge is -2.19. The van der Waals surface area contributed by atoms with Gasteiger partial charge in [-0.2, -0.15) is 0 Å². The van der Waals surface area contributed by atoms with Gasteiger partial charge < -0.3 is 14.9 Å². The lowest BCUT2D eigenvalue weighted by molar-refractivity contribution is -0.137. The summed E-state index contributed by atoms with van der Waals surface area (Å²) in [4.78, 5) is 10.5. The highest BCUT2D eigenvalue weighted by Gasteiger charge is 2.22. The van der Waals surface area contributed by atoms with Crippen molar-refractivity contribution in [3.05, 3.63) is 23.5 Å². The van der Waals surface area contributed by atoms with Gasteiger partial charge in [0.25, 0.3) is 0 Å². The number of carbonyl (C=O) groups is 1. The molecule has 3 N–H and O–H groups in total. The molecule has 6 nitrogen and oxygen atoms in total. The number of aliphatic carboxylic acids is 1. The van der Waals surface area contributed by atoms with Crippen LogP contribution in [0.25, 0.3) is 0 Å². The fourth-order valence-corrected chi connectivity index (χ4v) is 1.07. The third kappa shape index (κ3) is 2.17. The molecule has 1 atom stereocenters. The Kier molecular flexibility index (Phi) is 3.35. The fourth-order valence-electron chi connectivity index (χ4n) is 1.07. The van der Waals surface area contributed by atoms with Crippen molar-refractivity contribution in [2.24, 2.45) is 5.11 Å². The first-order valence-electron chi connectivity index (χ1n) is 3.97. The summed E-state index contributed by atoms with van der Waals surface area (Å²) < 4.78 is 4.89. The van der Waals surface area contributed by atoms with Gasteiger partial charge >= 0.3 is 5.97 Å². The average molecular weight is 198 g/mol. The maximum atomic E-state index is 10.5. The van der Waals surface area contributed by atoms with Crippen molar-refractivity contribution in [1.29, 1.82) is 5.53 Å². The van der Waals surface area contributed by atoms with Crippen molar-refractivity contribution < 1.29 is 19.7 Å². The maximum Gasteiger partial charge on any atom is 0.371 e. The summed E-state index contributed by atoms with van der Waals surface area (Å²) >= 11 is 0. The van der Waals surface area contributed by atoms with Gasteiger partial charge in [0, 0.05) is 6.61 Å². The number of nitrogens with one attached hydrogen (secondary N) is 1. The zero-order valence-electron chi connectivity index (χ0n) is 7.30. The first-order valence-corrected chi connectivity index (χ1v) is 3.97. The molecule has 0 bridgehead atoms. The Hall–Kier alpha value is -1.69. The molecule has 1 heterocycles. The van der Waals surface area contributed by atoms with Gasteiger partial charge in [-0.15, -0.1) is 5.11 Å². The number of ether oxygens (including phenoxy) is 1. The van der Waals surface area contributed by atoms with Crippen molar-refractivity contribution in [3.8, 4) is 0 Å². The van der Waals surface area contributed by atoms with Crippen LogP contribution in [0.5, 0.6) is 0 Å². The maximum absolute atomic E-state index is 10.5. The molecule has 0 spiro atoms. The summed E-state index contributed by atoms with van der Waals surface area (Å²) in [5.41, 5.74) is 7.38. The molecule has 0 aromatic heterocycles. The molecule has 0 saturated carbocycles. The summed E-state index contributed by atoms with van der Waals surface area (Å²) in [5.74, 6) is -1.44.